The summed E-state index contributed by atoms with van der Waals surface area (Å²) >= 11 is 0. The van der Waals surface area contributed by atoms with Crippen LogP contribution in [0, 0.1) is 0 Å². The molecular formula is C18H26N4O2S. The molecule has 0 unspecified atom stereocenters. The van der Waals surface area contributed by atoms with E-state index in [1.807, 2.05) is 16.8 Å². The summed E-state index contributed by atoms with van der Waals surface area (Å²) in [5, 5.41) is 4.43. The maximum Gasteiger partial charge on any atom is 0.243 e. The van der Waals surface area contributed by atoms with Crippen molar-refractivity contribution in [1.82, 2.24) is 19.0 Å². The highest BCUT2D eigenvalue weighted by Crippen LogP contribution is 2.28. The molecule has 0 saturated carbocycles. The SMILES string of the molecule is CCN(CC)CC[C@H]1CN(S(=O)(=O)c2ccccc2)Cc2ccnn21. The molecule has 0 N–H and O–H groups in total. The van der Waals surface area contributed by atoms with Gasteiger partial charge in [-0.2, -0.15) is 9.40 Å². The second-order valence-corrected chi connectivity index (χ2v) is 8.29. The van der Waals surface area contributed by atoms with Gasteiger partial charge in [0.25, 0.3) is 0 Å². The second-order valence-electron chi connectivity index (χ2n) is 6.35. The van der Waals surface area contributed by atoms with Crippen LogP contribution in [0.1, 0.15) is 32.0 Å². The fourth-order valence-electron chi connectivity index (χ4n) is 3.36. The van der Waals surface area contributed by atoms with Gasteiger partial charge in [0.05, 0.1) is 23.2 Å². The van der Waals surface area contributed by atoms with Crippen LogP contribution in [-0.4, -0.2) is 53.6 Å². The van der Waals surface area contributed by atoms with Crippen LogP contribution in [0.25, 0.3) is 0 Å². The van der Waals surface area contributed by atoms with Crippen LogP contribution in [0.3, 0.4) is 0 Å². The van der Waals surface area contributed by atoms with Crippen molar-refractivity contribution in [3.05, 3.63) is 48.3 Å². The van der Waals surface area contributed by atoms with Crippen LogP contribution in [0.15, 0.2) is 47.5 Å². The molecule has 1 aromatic carbocycles. The Kier molecular flexibility index (Phi) is 5.56. The first-order chi connectivity index (χ1) is 12.1. The molecule has 0 bridgehead atoms. The molecule has 2 heterocycles. The zero-order valence-corrected chi connectivity index (χ0v) is 15.7. The highest BCUT2D eigenvalue weighted by atomic mass is 32.2. The van der Waals surface area contributed by atoms with Crippen LogP contribution in [0.2, 0.25) is 0 Å². The normalized spacial score (nSPS) is 18.4. The van der Waals surface area contributed by atoms with E-state index in [9.17, 15) is 8.42 Å². The molecule has 25 heavy (non-hydrogen) atoms. The molecule has 0 radical (unpaired) electrons. The van der Waals surface area contributed by atoms with E-state index in [1.54, 1.807) is 34.8 Å². The molecule has 7 heteroatoms. The standard InChI is InChI=1S/C18H26N4O2S/c1-3-20(4-2)13-11-17-15-21(14-16-10-12-19-22(16)17)25(23,24)18-8-6-5-7-9-18/h5-10,12,17H,3-4,11,13-15H2,1-2H3/t17-/m0/s1. The first-order valence-corrected chi connectivity index (χ1v) is 10.3. The molecule has 0 fully saturated rings. The largest absolute Gasteiger partial charge is 0.304 e. The van der Waals surface area contributed by atoms with Crippen molar-refractivity contribution >= 4 is 10.0 Å². The fraction of sp³-hybridized carbons (Fsp3) is 0.500. The molecule has 0 saturated heterocycles. The summed E-state index contributed by atoms with van der Waals surface area (Å²) in [6, 6.07) is 10.7. The minimum atomic E-state index is -3.49. The zero-order valence-electron chi connectivity index (χ0n) is 14.9. The second kappa shape index (κ2) is 7.68. The number of sulfonamides is 1. The fourth-order valence-corrected chi connectivity index (χ4v) is 4.83. The predicted molar refractivity (Wildman–Crippen MR) is 97.7 cm³/mol. The maximum atomic E-state index is 13.0. The van der Waals surface area contributed by atoms with Crippen molar-refractivity contribution in [1.29, 1.82) is 0 Å². The van der Waals surface area contributed by atoms with Crippen LogP contribution in [-0.2, 0) is 16.6 Å². The van der Waals surface area contributed by atoms with Crippen LogP contribution in [0.5, 0.6) is 0 Å². The van der Waals surface area contributed by atoms with Crippen molar-refractivity contribution in [2.75, 3.05) is 26.2 Å². The summed E-state index contributed by atoms with van der Waals surface area (Å²) in [5.74, 6) is 0. The third-order valence-electron chi connectivity index (χ3n) is 4.90. The highest BCUT2D eigenvalue weighted by Gasteiger charge is 2.33. The Hall–Kier alpha value is -1.70. The number of hydrogen-bond donors (Lipinski definition) is 0. The van der Waals surface area contributed by atoms with Gasteiger partial charge >= 0.3 is 0 Å². The topological polar surface area (TPSA) is 58.4 Å². The lowest BCUT2D eigenvalue weighted by Gasteiger charge is -2.34. The highest BCUT2D eigenvalue weighted by molar-refractivity contribution is 7.89. The maximum absolute atomic E-state index is 13.0. The summed E-state index contributed by atoms with van der Waals surface area (Å²) < 4.78 is 29.6. The van der Waals surface area contributed by atoms with E-state index < -0.39 is 10.0 Å². The van der Waals surface area contributed by atoms with Gasteiger partial charge in [-0.25, -0.2) is 8.42 Å². The molecule has 1 aromatic heterocycles. The van der Waals surface area contributed by atoms with E-state index in [0.717, 1.165) is 31.7 Å². The summed E-state index contributed by atoms with van der Waals surface area (Å²) in [5.41, 5.74) is 0.954. The lowest BCUT2D eigenvalue weighted by molar-refractivity contribution is 0.218. The average Bonchev–Trinajstić information content (AvgIpc) is 3.12. The van der Waals surface area contributed by atoms with Crippen LogP contribution in [0.4, 0.5) is 0 Å². The predicted octanol–water partition coefficient (Wildman–Crippen LogP) is 2.36. The number of rotatable bonds is 7. The minimum absolute atomic E-state index is 0.0674. The number of hydrogen-bond acceptors (Lipinski definition) is 4. The molecule has 3 rings (SSSR count). The summed E-state index contributed by atoms with van der Waals surface area (Å²) in [7, 11) is -3.49. The van der Waals surface area contributed by atoms with Crippen LogP contribution < -0.4 is 0 Å². The summed E-state index contributed by atoms with van der Waals surface area (Å²) in [6.07, 6.45) is 2.65. The molecule has 1 aliphatic rings. The van der Waals surface area contributed by atoms with Crippen LogP contribution >= 0.6 is 0 Å². The lowest BCUT2D eigenvalue weighted by Crippen LogP contribution is -2.42. The van der Waals surface area contributed by atoms with Crippen molar-refractivity contribution in [2.24, 2.45) is 0 Å². The Balaban J connectivity index is 1.82. The van der Waals surface area contributed by atoms with Gasteiger partial charge in [0.1, 0.15) is 0 Å². The number of nitrogens with zero attached hydrogens (tertiary/aromatic N) is 4. The van der Waals surface area contributed by atoms with Gasteiger partial charge in [-0.05, 0) is 37.7 Å². The monoisotopic (exact) mass is 362 g/mol. The van der Waals surface area contributed by atoms with Gasteiger partial charge < -0.3 is 4.90 Å². The Bertz CT molecular complexity index is 784. The molecule has 1 aliphatic heterocycles. The van der Waals surface area contributed by atoms with Gasteiger partial charge in [0.15, 0.2) is 0 Å². The quantitative estimate of drug-likeness (QED) is 0.759. The van der Waals surface area contributed by atoms with Gasteiger partial charge in [-0.3, -0.25) is 4.68 Å². The van der Waals surface area contributed by atoms with Crippen molar-refractivity contribution in [3.63, 3.8) is 0 Å². The first kappa shape index (κ1) is 18.1. The third kappa shape index (κ3) is 3.78. The number of fused-ring (bicyclic) bond motifs is 1. The van der Waals surface area contributed by atoms with Crippen molar-refractivity contribution in [3.8, 4) is 0 Å². The van der Waals surface area contributed by atoms with Gasteiger partial charge in [-0.15, -0.1) is 0 Å². The number of benzene rings is 1. The zero-order chi connectivity index (χ0) is 17.9. The first-order valence-electron chi connectivity index (χ1n) is 8.86. The molecular weight excluding hydrogens is 336 g/mol. The smallest absolute Gasteiger partial charge is 0.243 e. The average molecular weight is 362 g/mol. The van der Waals surface area contributed by atoms with Crippen molar-refractivity contribution < 1.29 is 8.42 Å². The third-order valence-corrected chi connectivity index (χ3v) is 6.73. The molecule has 0 aliphatic carbocycles. The lowest BCUT2D eigenvalue weighted by atomic mass is 10.1. The van der Waals surface area contributed by atoms with E-state index >= 15 is 0 Å². The molecule has 2 aromatic rings. The molecule has 0 amide bonds. The van der Waals surface area contributed by atoms with E-state index in [1.165, 1.54) is 0 Å². The summed E-state index contributed by atoms with van der Waals surface area (Å²) in [6.45, 7) is 8.08. The van der Waals surface area contributed by atoms with E-state index in [0.29, 0.717) is 18.0 Å². The van der Waals surface area contributed by atoms with E-state index in [-0.39, 0.29) is 6.04 Å². The minimum Gasteiger partial charge on any atom is -0.304 e. The summed E-state index contributed by atoms with van der Waals surface area (Å²) in [4.78, 5) is 2.71. The molecule has 136 valence electrons. The van der Waals surface area contributed by atoms with E-state index in [4.69, 9.17) is 0 Å². The molecule has 6 nitrogen and oxygen atoms in total. The Morgan fingerprint density at radius 2 is 1.88 bits per heavy atom. The van der Waals surface area contributed by atoms with E-state index in [2.05, 4.69) is 23.8 Å². The Morgan fingerprint density at radius 3 is 2.56 bits per heavy atom. The van der Waals surface area contributed by atoms with Gasteiger partial charge in [-0.1, -0.05) is 32.0 Å². The van der Waals surface area contributed by atoms with Gasteiger partial charge in [0, 0.05) is 19.3 Å². The van der Waals surface area contributed by atoms with Gasteiger partial charge in [0.2, 0.25) is 10.0 Å². The molecule has 1 atom stereocenters. The Labute approximate surface area is 150 Å². The van der Waals surface area contributed by atoms with Crippen molar-refractivity contribution in [2.45, 2.75) is 37.8 Å². The number of aromatic nitrogens is 2. The molecule has 0 spiro atoms. The Morgan fingerprint density at radius 1 is 1.16 bits per heavy atom.